The first-order chi connectivity index (χ1) is 17.1. The molecule has 2 unspecified atom stereocenters. The van der Waals surface area contributed by atoms with Crippen LogP contribution >= 0.6 is 0 Å². The quantitative estimate of drug-likeness (QED) is 0.462. The number of carbonyl (C=O) groups is 3. The maximum absolute atomic E-state index is 13.1. The van der Waals surface area contributed by atoms with Crippen molar-refractivity contribution in [3.05, 3.63) is 28.8 Å². The zero-order valence-electron chi connectivity index (χ0n) is 20.7. The summed E-state index contributed by atoms with van der Waals surface area (Å²) in [6.45, 7) is 3.95. The van der Waals surface area contributed by atoms with Crippen LogP contribution in [0, 0.1) is 11.3 Å². The summed E-state index contributed by atoms with van der Waals surface area (Å²) in [7, 11) is 0. The summed E-state index contributed by atoms with van der Waals surface area (Å²) in [4.78, 5) is 46.1. The van der Waals surface area contributed by atoms with E-state index in [4.69, 9.17) is 26.3 Å². The van der Waals surface area contributed by atoms with E-state index >= 15 is 0 Å². The second-order valence-corrected chi connectivity index (χ2v) is 11.0. The topological polar surface area (TPSA) is 168 Å². The number of nitrogens with zero attached hydrogens (tertiary/aromatic N) is 4. The molecule has 36 heavy (non-hydrogen) atoms. The van der Waals surface area contributed by atoms with E-state index in [1.54, 1.807) is 4.68 Å². The van der Waals surface area contributed by atoms with Gasteiger partial charge in [0, 0.05) is 6.42 Å². The summed E-state index contributed by atoms with van der Waals surface area (Å²) in [5.74, 6) is 0.0745. The lowest BCUT2D eigenvalue weighted by atomic mass is 9.75. The van der Waals surface area contributed by atoms with Crippen LogP contribution in [-0.2, 0) is 22.4 Å². The number of esters is 1. The minimum absolute atomic E-state index is 0.00909. The van der Waals surface area contributed by atoms with E-state index in [1.165, 1.54) is 6.20 Å². The number of primary amides is 1. The van der Waals surface area contributed by atoms with Crippen molar-refractivity contribution in [2.75, 3.05) is 11.9 Å². The molecule has 2 aromatic rings. The van der Waals surface area contributed by atoms with Crippen molar-refractivity contribution >= 4 is 23.5 Å². The first kappa shape index (κ1) is 24.4. The highest BCUT2D eigenvalue weighted by Gasteiger charge is 2.38. The van der Waals surface area contributed by atoms with E-state index in [0.717, 1.165) is 43.5 Å². The van der Waals surface area contributed by atoms with E-state index < -0.39 is 18.0 Å². The van der Waals surface area contributed by atoms with Crippen molar-refractivity contribution in [1.82, 2.24) is 19.7 Å². The van der Waals surface area contributed by atoms with Crippen molar-refractivity contribution in [2.24, 2.45) is 22.8 Å². The lowest BCUT2D eigenvalue weighted by molar-refractivity contribution is -0.147. The Balaban J connectivity index is 1.52. The van der Waals surface area contributed by atoms with Gasteiger partial charge < -0.3 is 21.5 Å². The summed E-state index contributed by atoms with van der Waals surface area (Å²) >= 11 is 0. The van der Waals surface area contributed by atoms with Crippen LogP contribution in [0.1, 0.15) is 84.6 Å². The van der Waals surface area contributed by atoms with Gasteiger partial charge in [-0.3, -0.25) is 14.4 Å². The number of nitrogens with two attached hydrogens (primary N) is 2. The van der Waals surface area contributed by atoms with Gasteiger partial charge in [0.1, 0.15) is 6.10 Å². The number of aromatic nitrogens is 4. The van der Waals surface area contributed by atoms with E-state index in [9.17, 15) is 14.4 Å². The number of carbonyl (C=O) groups excluding carboxylic acids is 3. The number of Topliss-reactive ketones (excluding diaryl/α,β-unsaturated/α-hetero) is 1. The van der Waals surface area contributed by atoms with Crippen molar-refractivity contribution in [2.45, 2.75) is 77.4 Å². The summed E-state index contributed by atoms with van der Waals surface area (Å²) in [6.07, 6.45) is 7.54. The van der Waals surface area contributed by atoms with Crippen LogP contribution in [0.3, 0.4) is 0 Å². The number of anilines is 1. The van der Waals surface area contributed by atoms with Gasteiger partial charge >= 0.3 is 5.97 Å². The molecule has 0 aliphatic heterocycles. The normalized spacial score (nSPS) is 22.8. The molecule has 2 saturated carbocycles. The maximum atomic E-state index is 13.1. The second-order valence-electron chi connectivity index (χ2n) is 11.0. The van der Waals surface area contributed by atoms with Crippen LogP contribution in [0.2, 0.25) is 0 Å². The molecule has 2 aromatic heterocycles. The molecule has 1 amide bonds. The molecule has 11 heteroatoms. The number of amides is 1. The average Bonchev–Trinajstić information content (AvgIpc) is 3.41. The van der Waals surface area contributed by atoms with Crippen LogP contribution in [0.4, 0.5) is 5.82 Å². The van der Waals surface area contributed by atoms with E-state index in [1.807, 2.05) is 0 Å². The Morgan fingerprint density at radius 2 is 2.00 bits per heavy atom. The van der Waals surface area contributed by atoms with Crippen molar-refractivity contribution in [3.8, 4) is 5.82 Å². The number of rotatable bonds is 8. The van der Waals surface area contributed by atoms with Gasteiger partial charge in [-0.15, -0.1) is 0 Å². The molecule has 5 N–H and O–H groups in total. The number of ketones is 1. The fraction of sp³-hybridized carbons (Fsp3) is 0.600. The molecule has 192 valence electrons. The van der Waals surface area contributed by atoms with Gasteiger partial charge in [-0.1, -0.05) is 13.8 Å². The molecule has 3 aliphatic carbocycles. The Hall–Kier alpha value is -3.34. The number of hydrogen-bond donors (Lipinski definition) is 3. The minimum Gasteiger partial charge on any atom is -0.459 e. The molecule has 2 heterocycles. The van der Waals surface area contributed by atoms with E-state index in [0.29, 0.717) is 36.6 Å². The molecule has 2 fully saturated rings. The predicted octanol–water partition coefficient (Wildman–Crippen LogP) is 1.70. The summed E-state index contributed by atoms with van der Waals surface area (Å²) in [6, 6.07) is -0.263. The van der Waals surface area contributed by atoms with Crippen LogP contribution in [-0.4, -0.2) is 56.1 Å². The van der Waals surface area contributed by atoms with Crippen molar-refractivity contribution in [1.29, 1.82) is 0 Å². The van der Waals surface area contributed by atoms with Gasteiger partial charge in [-0.25, -0.2) is 14.6 Å². The summed E-state index contributed by atoms with van der Waals surface area (Å²) in [5, 5.41) is 8.07. The van der Waals surface area contributed by atoms with E-state index in [-0.39, 0.29) is 35.3 Å². The average molecular weight is 496 g/mol. The lowest BCUT2D eigenvalue weighted by Crippen LogP contribution is -2.35. The SMILES string of the molecule is CC1(C)CC(=O)c2c(CC3CC3)nn(-c3cnc(C(N)=O)c(NC4CCCC4OC(=O)CN)n3)c2C1. The van der Waals surface area contributed by atoms with Crippen LogP contribution in [0.15, 0.2) is 6.20 Å². The molecule has 0 aromatic carbocycles. The molecular formula is C25H33N7O4. The maximum Gasteiger partial charge on any atom is 0.320 e. The Bertz CT molecular complexity index is 1220. The predicted molar refractivity (Wildman–Crippen MR) is 131 cm³/mol. The standard InChI is InChI=1S/C25H33N7O4/c1-25(2)9-16-21(17(33)10-25)15(8-13-6-7-13)31-32(16)19-12-28-22(23(27)35)24(30-19)29-14-4-3-5-18(14)36-20(34)11-26/h12-14,18H,3-11,26H2,1-2H3,(H2,27,35)(H,29,30). The van der Waals surface area contributed by atoms with Gasteiger partial charge in [0.2, 0.25) is 0 Å². The highest BCUT2D eigenvalue weighted by atomic mass is 16.5. The fourth-order valence-electron chi connectivity index (χ4n) is 5.34. The highest BCUT2D eigenvalue weighted by molar-refractivity contribution is 6.00. The number of ether oxygens (including phenoxy) is 1. The van der Waals surface area contributed by atoms with Gasteiger partial charge in [0.05, 0.1) is 35.7 Å². The zero-order chi connectivity index (χ0) is 25.6. The van der Waals surface area contributed by atoms with E-state index in [2.05, 4.69) is 24.1 Å². The van der Waals surface area contributed by atoms with Crippen LogP contribution in [0.5, 0.6) is 0 Å². The Morgan fingerprint density at radius 3 is 2.69 bits per heavy atom. The number of hydrogen-bond acceptors (Lipinski definition) is 9. The molecule has 5 rings (SSSR count). The van der Waals surface area contributed by atoms with Crippen molar-refractivity contribution in [3.63, 3.8) is 0 Å². The molecule has 3 aliphatic rings. The first-order valence-electron chi connectivity index (χ1n) is 12.6. The first-order valence-corrected chi connectivity index (χ1v) is 12.6. The van der Waals surface area contributed by atoms with Gasteiger partial charge in [0.15, 0.2) is 23.1 Å². The molecular weight excluding hydrogens is 462 g/mol. The van der Waals surface area contributed by atoms with Gasteiger partial charge in [-0.2, -0.15) is 5.10 Å². The molecule has 0 spiro atoms. The second kappa shape index (κ2) is 9.27. The van der Waals surface area contributed by atoms with Gasteiger partial charge in [0.25, 0.3) is 5.91 Å². The Kier molecular flexibility index (Phi) is 6.27. The molecule has 11 nitrogen and oxygen atoms in total. The summed E-state index contributed by atoms with van der Waals surface area (Å²) in [5.41, 5.74) is 13.1. The zero-order valence-corrected chi connectivity index (χ0v) is 20.7. The molecule has 2 atom stereocenters. The monoisotopic (exact) mass is 495 g/mol. The fourth-order valence-corrected chi connectivity index (χ4v) is 5.34. The highest BCUT2D eigenvalue weighted by Crippen LogP contribution is 2.40. The third-order valence-electron chi connectivity index (χ3n) is 7.23. The Morgan fingerprint density at radius 1 is 1.22 bits per heavy atom. The molecule has 0 bridgehead atoms. The third kappa shape index (κ3) is 4.84. The molecule has 0 saturated heterocycles. The lowest BCUT2D eigenvalue weighted by Gasteiger charge is -2.29. The van der Waals surface area contributed by atoms with Crippen LogP contribution in [0.25, 0.3) is 5.82 Å². The van der Waals surface area contributed by atoms with Gasteiger partial charge in [-0.05, 0) is 56.3 Å². The number of nitrogens with one attached hydrogen (secondary N) is 1. The van der Waals surface area contributed by atoms with Crippen LogP contribution < -0.4 is 16.8 Å². The third-order valence-corrected chi connectivity index (χ3v) is 7.23. The smallest absolute Gasteiger partial charge is 0.320 e. The van der Waals surface area contributed by atoms with Crippen molar-refractivity contribution < 1.29 is 19.1 Å². The largest absolute Gasteiger partial charge is 0.459 e. The minimum atomic E-state index is -0.724. The molecule has 0 radical (unpaired) electrons. The number of fused-ring (bicyclic) bond motifs is 1. The Labute approximate surface area is 209 Å². The summed E-state index contributed by atoms with van der Waals surface area (Å²) < 4.78 is 7.17.